The molecule has 1 heterocycles. The van der Waals surface area contributed by atoms with Gasteiger partial charge in [0.15, 0.2) is 5.84 Å². The third-order valence-electron chi connectivity index (χ3n) is 2.81. The van der Waals surface area contributed by atoms with Crippen LogP contribution in [0.5, 0.6) is 0 Å². The summed E-state index contributed by atoms with van der Waals surface area (Å²) >= 11 is 0. The number of benzene rings is 1. The van der Waals surface area contributed by atoms with Crippen molar-refractivity contribution >= 4 is 11.7 Å². The van der Waals surface area contributed by atoms with Crippen molar-refractivity contribution in [3.05, 3.63) is 53.6 Å². The van der Waals surface area contributed by atoms with E-state index in [-0.39, 0.29) is 17.8 Å². The third kappa shape index (κ3) is 2.94. The zero-order valence-electron chi connectivity index (χ0n) is 10.9. The second-order valence-electron chi connectivity index (χ2n) is 4.24. The molecule has 0 aliphatic carbocycles. The number of hydrogen-bond donors (Lipinski definition) is 4. The van der Waals surface area contributed by atoms with Crippen LogP contribution in [-0.4, -0.2) is 26.9 Å². The number of aromatic amines is 1. The van der Waals surface area contributed by atoms with Gasteiger partial charge in [-0.1, -0.05) is 17.3 Å². The van der Waals surface area contributed by atoms with Gasteiger partial charge in [0.2, 0.25) is 0 Å². The summed E-state index contributed by atoms with van der Waals surface area (Å²) in [4.78, 5) is 19.1. The van der Waals surface area contributed by atoms with Crippen LogP contribution in [0.4, 0.5) is 0 Å². The molecule has 1 atom stereocenters. The van der Waals surface area contributed by atoms with Crippen molar-refractivity contribution < 1.29 is 10.0 Å². The number of nitrogens with two attached hydrogens (primary N) is 1. The number of amidine groups is 1. The van der Waals surface area contributed by atoms with Gasteiger partial charge in [-0.15, -0.1) is 0 Å². The Morgan fingerprint density at radius 3 is 2.90 bits per heavy atom. The van der Waals surface area contributed by atoms with Crippen molar-refractivity contribution in [2.75, 3.05) is 0 Å². The van der Waals surface area contributed by atoms with Gasteiger partial charge in [-0.3, -0.25) is 4.79 Å². The van der Waals surface area contributed by atoms with Crippen LogP contribution in [0.1, 0.15) is 34.7 Å². The largest absolute Gasteiger partial charge is 0.409 e. The summed E-state index contributed by atoms with van der Waals surface area (Å²) in [5.41, 5.74) is 6.40. The van der Waals surface area contributed by atoms with Gasteiger partial charge in [0, 0.05) is 23.5 Å². The second kappa shape index (κ2) is 5.87. The minimum Gasteiger partial charge on any atom is -0.409 e. The molecule has 0 saturated heterocycles. The molecule has 1 aromatic carbocycles. The van der Waals surface area contributed by atoms with Crippen molar-refractivity contribution in [2.45, 2.75) is 13.0 Å². The van der Waals surface area contributed by atoms with Crippen LogP contribution in [0, 0.1) is 0 Å². The first-order valence-corrected chi connectivity index (χ1v) is 6.00. The summed E-state index contributed by atoms with van der Waals surface area (Å²) in [5.74, 6) is 0.367. The predicted molar refractivity (Wildman–Crippen MR) is 73.4 cm³/mol. The average molecular weight is 273 g/mol. The van der Waals surface area contributed by atoms with Crippen LogP contribution in [0.15, 0.2) is 41.8 Å². The molecule has 1 amide bonds. The smallest absolute Gasteiger partial charge is 0.251 e. The maximum absolute atomic E-state index is 12.1. The molecule has 1 aromatic heterocycles. The van der Waals surface area contributed by atoms with Crippen LogP contribution >= 0.6 is 0 Å². The highest BCUT2D eigenvalue weighted by atomic mass is 16.4. The van der Waals surface area contributed by atoms with E-state index in [1.54, 1.807) is 36.7 Å². The molecule has 104 valence electrons. The molecule has 20 heavy (non-hydrogen) atoms. The number of aromatic nitrogens is 2. The average Bonchev–Trinajstić information content (AvgIpc) is 3.00. The number of carbonyl (C=O) groups excluding carboxylic acids is 1. The number of oxime groups is 1. The summed E-state index contributed by atoms with van der Waals surface area (Å²) < 4.78 is 0. The van der Waals surface area contributed by atoms with Crippen LogP contribution in [0.25, 0.3) is 0 Å². The molecule has 0 fully saturated rings. The molecule has 0 saturated carbocycles. The van der Waals surface area contributed by atoms with Gasteiger partial charge in [0.25, 0.3) is 5.91 Å². The lowest BCUT2D eigenvalue weighted by Gasteiger charge is -2.12. The number of hydrogen-bond acceptors (Lipinski definition) is 4. The van der Waals surface area contributed by atoms with Gasteiger partial charge in [-0.05, 0) is 19.1 Å². The molecule has 0 aliphatic heterocycles. The summed E-state index contributed by atoms with van der Waals surface area (Å²) in [6, 6.07) is 6.28. The van der Waals surface area contributed by atoms with Gasteiger partial charge in [-0.2, -0.15) is 0 Å². The summed E-state index contributed by atoms with van der Waals surface area (Å²) in [7, 11) is 0. The Hall–Kier alpha value is -2.83. The highest BCUT2D eigenvalue weighted by Gasteiger charge is 2.13. The highest BCUT2D eigenvalue weighted by Crippen LogP contribution is 2.09. The van der Waals surface area contributed by atoms with Gasteiger partial charge in [0.05, 0.1) is 6.04 Å². The molecular formula is C13H15N5O2. The molecule has 5 N–H and O–H groups in total. The highest BCUT2D eigenvalue weighted by molar-refractivity contribution is 6.01. The standard InChI is InChI=1S/C13H15N5O2/c1-8(12-15-5-6-16-12)17-13(19)10-4-2-3-9(7-10)11(14)18-20/h2-8,20H,1H3,(H2,14,18)(H,15,16)(H,17,19). The van der Waals surface area contributed by atoms with Crippen LogP contribution in [0.3, 0.4) is 0 Å². The Morgan fingerprint density at radius 1 is 1.50 bits per heavy atom. The van der Waals surface area contributed by atoms with E-state index in [2.05, 4.69) is 20.4 Å². The Balaban J connectivity index is 2.13. The zero-order chi connectivity index (χ0) is 14.5. The number of imidazole rings is 1. The predicted octanol–water partition coefficient (Wildman–Crippen LogP) is 0.995. The van der Waals surface area contributed by atoms with E-state index in [4.69, 9.17) is 10.9 Å². The lowest BCUT2D eigenvalue weighted by atomic mass is 10.1. The van der Waals surface area contributed by atoms with E-state index in [0.29, 0.717) is 17.0 Å². The molecule has 2 aromatic rings. The number of H-pyrrole nitrogens is 1. The topological polar surface area (TPSA) is 116 Å². The van der Waals surface area contributed by atoms with Gasteiger partial charge in [-0.25, -0.2) is 4.98 Å². The third-order valence-corrected chi connectivity index (χ3v) is 2.81. The van der Waals surface area contributed by atoms with E-state index in [1.165, 1.54) is 0 Å². The second-order valence-corrected chi connectivity index (χ2v) is 4.24. The molecule has 0 spiro atoms. The van der Waals surface area contributed by atoms with E-state index in [1.807, 2.05) is 6.92 Å². The van der Waals surface area contributed by atoms with E-state index in [9.17, 15) is 4.79 Å². The monoisotopic (exact) mass is 273 g/mol. The van der Waals surface area contributed by atoms with Crippen molar-refractivity contribution in [3.8, 4) is 0 Å². The molecule has 0 radical (unpaired) electrons. The fourth-order valence-electron chi connectivity index (χ4n) is 1.74. The van der Waals surface area contributed by atoms with Crippen LogP contribution in [-0.2, 0) is 0 Å². The lowest BCUT2D eigenvalue weighted by molar-refractivity contribution is 0.0938. The first kappa shape index (κ1) is 13.6. The molecular weight excluding hydrogens is 258 g/mol. The quantitative estimate of drug-likeness (QED) is 0.288. The molecule has 0 aliphatic rings. The van der Waals surface area contributed by atoms with Gasteiger partial charge in [0.1, 0.15) is 5.82 Å². The Kier molecular flexibility index (Phi) is 3.99. The van der Waals surface area contributed by atoms with Crippen molar-refractivity contribution in [1.29, 1.82) is 0 Å². The minimum atomic E-state index is -0.263. The first-order chi connectivity index (χ1) is 9.61. The van der Waals surface area contributed by atoms with Crippen LogP contribution < -0.4 is 11.1 Å². The van der Waals surface area contributed by atoms with Crippen molar-refractivity contribution in [2.24, 2.45) is 10.9 Å². The Labute approximate surface area is 115 Å². The number of nitrogens with one attached hydrogen (secondary N) is 2. The van der Waals surface area contributed by atoms with E-state index in [0.717, 1.165) is 0 Å². The van der Waals surface area contributed by atoms with Gasteiger partial charge < -0.3 is 21.2 Å². The number of amides is 1. The summed E-state index contributed by atoms with van der Waals surface area (Å²) in [6.45, 7) is 1.82. The fourth-order valence-corrected chi connectivity index (χ4v) is 1.74. The summed E-state index contributed by atoms with van der Waals surface area (Å²) in [5, 5.41) is 14.4. The molecule has 0 bridgehead atoms. The lowest BCUT2D eigenvalue weighted by Crippen LogP contribution is -2.27. The molecule has 7 heteroatoms. The minimum absolute atomic E-state index is 0.0428. The fraction of sp³-hybridized carbons (Fsp3) is 0.154. The molecule has 2 rings (SSSR count). The number of rotatable bonds is 4. The maximum Gasteiger partial charge on any atom is 0.251 e. The van der Waals surface area contributed by atoms with Crippen LogP contribution in [0.2, 0.25) is 0 Å². The van der Waals surface area contributed by atoms with E-state index < -0.39 is 0 Å². The zero-order valence-corrected chi connectivity index (χ0v) is 10.9. The number of nitrogens with zero attached hydrogens (tertiary/aromatic N) is 2. The van der Waals surface area contributed by atoms with Crippen molar-refractivity contribution in [3.63, 3.8) is 0 Å². The van der Waals surface area contributed by atoms with E-state index >= 15 is 0 Å². The summed E-state index contributed by atoms with van der Waals surface area (Å²) in [6.07, 6.45) is 3.31. The Morgan fingerprint density at radius 2 is 2.25 bits per heavy atom. The molecule has 7 nitrogen and oxygen atoms in total. The van der Waals surface area contributed by atoms with Crippen molar-refractivity contribution in [1.82, 2.24) is 15.3 Å². The SMILES string of the molecule is CC(NC(=O)c1cccc(/C(N)=N/O)c1)c1ncc[nH]1. The normalized spacial score (nSPS) is 12.9. The maximum atomic E-state index is 12.1. The Bertz CT molecular complexity index is 621. The van der Waals surface area contributed by atoms with Gasteiger partial charge >= 0.3 is 0 Å². The first-order valence-electron chi connectivity index (χ1n) is 6.00. The molecule has 1 unspecified atom stereocenters. The number of carbonyl (C=O) groups is 1.